The molecule has 0 aromatic carbocycles. The van der Waals surface area contributed by atoms with Crippen LogP contribution in [0.3, 0.4) is 0 Å². The van der Waals surface area contributed by atoms with Gasteiger partial charge in [-0.3, -0.25) is 4.98 Å². The predicted molar refractivity (Wildman–Crippen MR) is 53.5 cm³/mol. The van der Waals surface area contributed by atoms with Gasteiger partial charge in [-0.15, -0.1) is 0 Å². The number of nitrogens with zero attached hydrogens (tertiary/aromatic N) is 1. The second-order valence-electron chi connectivity index (χ2n) is 4.01. The molecule has 0 radical (unpaired) electrons. The fraction of sp³-hybridized carbons (Fsp3) is 0.545. The minimum Gasteiger partial charge on any atom is -0.308 e. The van der Waals surface area contributed by atoms with Crippen molar-refractivity contribution in [3.8, 4) is 0 Å². The SMILES string of the molecule is Cc1cccnc1[C@@H]1C[C@@H](C)CN1. The van der Waals surface area contributed by atoms with Crippen LogP contribution in [0.1, 0.15) is 30.6 Å². The zero-order chi connectivity index (χ0) is 9.26. The number of aryl methyl sites for hydroxylation is 1. The van der Waals surface area contributed by atoms with Gasteiger partial charge in [0.1, 0.15) is 0 Å². The fourth-order valence-corrected chi connectivity index (χ4v) is 1.98. The molecule has 0 unspecified atom stereocenters. The van der Waals surface area contributed by atoms with Crippen molar-refractivity contribution in [3.05, 3.63) is 29.6 Å². The van der Waals surface area contributed by atoms with E-state index in [1.54, 1.807) is 0 Å². The number of rotatable bonds is 1. The van der Waals surface area contributed by atoms with E-state index in [1.807, 2.05) is 12.3 Å². The lowest BCUT2D eigenvalue weighted by atomic mass is 10.0. The van der Waals surface area contributed by atoms with Crippen LogP contribution in [0.15, 0.2) is 18.3 Å². The second-order valence-corrected chi connectivity index (χ2v) is 4.01. The van der Waals surface area contributed by atoms with Crippen molar-refractivity contribution in [2.45, 2.75) is 26.3 Å². The van der Waals surface area contributed by atoms with Crippen molar-refractivity contribution in [2.24, 2.45) is 5.92 Å². The molecule has 0 amide bonds. The first-order chi connectivity index (χ1) is 6.27. The van der Waals surface area contributed by atoms with E-state index < -0.39 is 0 Å². The Hall–Kier alpha value is -0.890. The van der Waals surface area contributed by atoms with Crippen LogP contribution in [-0.2, 0) is 0 Å². The molecule has 0 spiro atoms. The van der Waals surface area contributed by atoms with E-state index in [2.05, 4.69) is 30.2 Å². The summed E-state index contributed by atoms with van der Waals surface area (Å²) in [5.74, 6) is 0.784. The second kappa shape index (κ2) is 3.46. The average molecular weight is 176 g/mol. The first-order valence-corrected chi connectivity index (χ1v) is 4.92. The quantitative estimate of drug-likeness (QED) is 0.708. The lowest BCUT2D eigenvalue weighted by Crippen LogP contribution is -2.15. The molecule has 2 heterocycles. The molecule has 2 rings (SSSR count). The normalized spacial score (nSPS) is 27.8. The van der Waals surface area contributed by atoms with Gasteiger partial charge in [0.05, 0.1) is 11.7 Å². The summed E-state index contributed by atoms with van der Waals surface area (Å²) in [6.07, 6.45) is 3.10. The highest BCUT2D eigenvalue weighted by Gasteiger charge is 2.23. The first kappa shape index (κ1) is 8.70. The highest BCUT2D eigenvalue weighted by atomic mass is 15.0. The molecule has 1 N–H and O–H groups in total. The van der Waals surface area contributed by atoms with Crippen LogP contribution in [0.5, 0.6) is 0 Å². The summed E-state index contributed by atoms with van der Waals surface area (Å²) in [5, 5.41) is 3.50. The summed E-state index contributed by atoms with van der Waals surface area (Å²) in [6, 6.07) is 4.61. The molecule has 2 nitrogen and oxygen atoms in total. The highest BCUT2D eigenvalue weighted by molar-refractivity contribution is 5.21. The van der Waals surface area contributed by atoms with Gasteiger partial charge in [-0.05, 0) is 37.4 Å². The number of pyridine rings is 1. The zero-order valence-electron chi connectivity index (χ0n) is 8.25. The summed E-state index contributed by atoms with van der Waals surface area (Å²) in [4.78, 5) is 4.43. The molecule has 0 saturated carbocycles. The third-order valence-electron chi connectivity index (χ3n) is 2.73. The van der Waals surface area contributed by atoms with E-state index in [-0.39, 0.29) is 0 Å². The lowest BCUT2D eigenvalue weighted by molar-refractivity contribution is 0.596. The van der Waals surface area contributed by atoms with Crippen LogP contribution in [0, 0.1) is 12.8 Å². The van der Waals surface area contributed by atoms with Crippen molar-refractivity contribution >= 4 is 0 Å². The summed E-state index contributed by atoms with van der Waals surface area (Å²) in [5.41, 5.74) is 2.53. The van der Waals surface area contributed by atoms with Gasteiger partial charge in [0.2, 0.25) is 0 Å². The highest BCUT2D eigenvalue weighted by Crippen LogP contribution is 2.26. The lowest BCUT2D eigenvalue weighted by Gasteiger charge is -2.11. The van der Waals surface area contributed by atoms with Crippen LogP contribution >= 0.6 is 0 Å². The Morgan fingerprint density at radius 3 is 3.00 bits per heavy atom. The molecule has 1 fully saturated rings. The molecule has 1 saturated heterocycles. The van der Waals surface area contributed by atoms with E-state index in [0.717, 1.165) is 12.5 Å². The molecule has 2 heteroatoms. The van der Waals surface area contributed by atoms with Crippen molar-refractivity contribution < 1.29 is 0 Å². The molecule has 2 atom stereocenters. The average Bonchev–Trinajstić information content (AvgIpc) is 2.53. The number of hydrogen-bond donors (Lipinski definition) is 1. The molecule has 1 aliphatic heterocycles. The van der Waals surface area contributed by atoms with E-state index in [4.69, 9.17) is 0 Å². The van der Waals surface area contributed by atoms with Gasteiger partial charge in [0.15, 0.2) is 0 Å². The van der Waals surface area contributed by atoms with Crippen LogP contribution in [0.25, 0.3) is 0 Å². The van der Waals surface area contributed by atoms with E-state index >= 15 is 0 Å². The zero-order valence-corrected chi connectivity index (χ0v) is 8.25. The molecule has 0 bridgehead atoms. The maximum Gasteiger partial charge on any atom is 0.0602 e. The predicted octanol–water partition coefficient (Wildman–Crippen LogP) is 2.06. The molecule has 1 aromatic heterocycles. The maximum atomic E-state index is 4.43. The van der Waals surface area contributed by atoms with Crippen LogP contribution in [-0.4, -0.2) is 11.5 Å². The molecular weight excluding hydrogens is 160 g/mol. The van der Waals surface area contributed by atoms with Gasteiger partial charge in [-0.2, -0.15) is 0 Å². The maximum absolute atomic E-state index is 4.43. The van der Waals surface area contributed by atoms with Crippen molar-refractivity contribution in [3.63, 3.8) is 0 Å². The van der Waals surface area contributed by atoms with Crippen molar-refractivity contribution in [1.29, 1.82) is 0 Å². The molecule has 1 aliphatic rings. The van der Waals surface area contributed by atoms with Crippen LogP contribution in [0.2, 0.25) is 0 Å². The minimum absolute atomic E-state index is 0.483. The largest absolute Gasteiger partial charge is 0.308 e. The third kappa shape index (κ3) is 1.73. The Labute approximate surface area is 79.4 Å². The number of hydrogen-bond acceptors (Lipinski definition) is 2. The van der Waals surface area contributed by atoms with E-state index in [0.29, 0.717) is 6.04 Å². The Morgan fingerprint density at radius 1 is 1.54 bits per heavy atom. The molecule has 0 aliphatic carbocycles. The standard InChI is InChI=1S/C11H16N2/c1-8-6-10(13-7-8)11-9(2)4-3-5-12-11/h3-5,8,10,13H,6-7H2,1-2H3/t8-,10+/m1/s1. The minimum atomic E-state index is 0.483. The van der Waals surface area contributed by atoms with Crippen molar-refractivity contribution in [2.75, 3.05) is 6.54 Å². The van der Waals surface area contributed by atoms with Gasteiger partial charge in [-0.1, -0.05) is 13.0 Å². The summed E-state index contributed by atoms with van der Waals surface area (Å²) in [7, 11) is 0. The summed E-state index contributed by atoms with van der Waals surface area (Å²) < 4.78 is 0. The van der Waals surface area contributed by atoms with Crippen molar-refractivity contribution in [1.82, 2.24) is 10.3 Å². The fourth-order valence-electron chi connectivity index (χ4n) is 1.98. The van der Waals surface area contributed by atoms with Gasteiger partial charge < -0.3 is 5.32 Å². The Balaban J connectivity index is 2.21. The summed E-state index contributed by atoms with van der Waals surface area (Å²) >= 11 is 0. The topological polar surface area (TPSA) is 24.9 Å². The molecule has 13 heavy (non-hydrogen) atoms. The van der Waals surface area contributed by atoms with E-state index in [1.165, 1.54) is 17.7 Å². The smallest absolute Gasteiger partial charge is 0.0602 e. The molecule has 70 valence electrons. The van der Waals surface area contributed by atoms with Gasteiger partial charge >= 0.3 is 0 Å². The monoisotopic (exact) mass is 176 g/mol. The van der Waals surface area contributed by atoms with Gasteiger partial charge in [0, 0.05) is 6.20 Å². The number of nitrogens with one attached hydrogen (secondary N) is 1. The van der Waals surface area contributed by atoms with Gasteiger partial charge in [-0.25, -0.2) is 0 Å². The Morgan fingerprint density at radius 2 is 2.38 bits per heavy atom. The Kier molecular flexibility index (Phi) is 2.32. The third-order valence-corrected chi connectivity index (χ3v) is 2.73. The summed E-state index contributed by atoms with van der Waals surface area (Å²) in [6.45, 7) is 5.54. The van der Waals surface area contributed by atoms with Gasteiger partial charge in [0.25, 0.3) is 0 Å². The molecular formula is C11H16N2. The Bertz CT molecular complexity index is 296. The van der Waals surface area contributed by atoms with Crippen LogP contribution < -0.4 is 5.32 Å². The molecule has 1 aromatic rings. The van der Waals surface area contributed by atoms with E-state index in [9.17, 15) is 0 Å². The number of aromatic nitrogens is 1. The first-order valence-electron chi connectivity index (χ1n) is 4.92. The van der Waals surface area contributed by atoms with Crippen LogP contribution in [0.4, 0.5) is 0 Å².